The van der Waals surface area contributed by atoms with Crippen LogP contribution in [0.1, 0.15) is 0 Å². The predicted octanol–water partition coefficient (Wildman–Crippen LogP) is 4.10. The molecule has 0 N–H and O–H groups in total. The molecule has 2 aromatic heterocycles. The second kappa shape index (κ2) is 2.94. The molecule has 1 aromatic carbocycles. The summed E-state index contributed by atoms with van der Waals surface area (Å²) in [6.07, 6.45) is 1.82. The Morgan fingerprint density at radius 3 is 3.00 bits per heavy atom. The average molecular weight is 220 g/mol. The average Bonchev–Trinajstić information content (AvgIpc) is 2.54. The number of rotatable bonds is 0. The number of hydrogen-bond donors (Lipinski definition) is 0. The Balaban J connectivity index is 2.57. The molecule has 14 heavy (non-hydrogen) atoms. The van der Waals surface area contributed by atoms with Crippen molar-refractivity contribution in [3.63, 3.8) is 0 Å². The van der Waals surface area contributed by atoms with Crippen LogP contribution in [-0.4, -0.2) is 4.98 Å². The molecule has 0 unspecified atom stereocenters. The van der Waals surface area contributed by atoms with Crippen molar-refractivity contribution < 1.29 is 0 Å². The van der Waals surface area contributed by atoms with Crippen LogP contribution in [0.25, 0.3) is 20.3 Å². The molecule has 1 nitrogen and oxygen atoms in total. The van der Waals surface area contributed by atoms with E-state index >= 15 is 0 Å². The topological polar surface area (TPSA) is 12.9 Å². The van der Waals surface area contributed by atoms with Gasteiger partial charge in [-0.05, 0) is 24.3 Å². The molecule has 0 bridgehead atoms. The number of fused-ring (bicyclic) bond motifs is 3. The van der Waals surface area contributed by atoms with Gasteiger partial charge in [0.15, 0.2) is 0 Å². The lowest BCUT2D eigenvalue weighted by Gasteiger charge is -1.90. The second-order valence-electron chi connectivity index (χ2n) is 3.10. The summed E-state index contributed by atoms with van der Waals surface area (Å²) in [5.74, 6) is 0. The van der Waals surface area contributed by atoms with E-state index in [0.717, 1.165) is 9.85 Å². The molecule has 3 aromatic rings. The Morgan fingerprint density at radius 2 is 2.07 bits per heavy atom. The lowest BCUT2D eigenvalue weighted by atomic mass is 10.2. The highest BCUT2D eigenvalue weighted by Gasteiger charge is 2.04. The van der Waals surface area contributed by atoms with Crippen molar-refractivity contribution in [2.45, 2.75) is 0 Å². The van der Waals surface area contributed by atoms with Gasteiger partial charge in [0.1, 0.15) is 4.83 Å². The van der Waals surface area contributed by atoms with E-state index in [1.54, 1.807) is 11.3 Å². The van der Waals surface area contributed by atoms with Crippen molar-refractivity contribution in [1.29, 1.82) is 0 Å². The molecule has 0 atom stereocenters. The molecule has 3 heteroatoms. The molecule has 0 amide bonds. The number of halogens is 1. The first-order valence-electron chi connectivity index (χ1n) is 4.27. The van der Waals surface area contributed by atoms with Crippen LogP contribution in [0.15, 0.2) is 36.5 Å². The molecule has 0 fully saturated rings. The molecule has 0 radical (unpaired) electrons. The summed E-state index contributed by atoms with van der Waals surface area (Å²) >= 11 is 7.61. The summed E-state index contributed by atoms with van der Waals surface area (Å²) in [6.45, 7) is 0. The third kappa shape index (κ3) is 1.11. The maximum Gasteiger partial charge on any atom is 0.124 e. The van der Waals surface area contributed by atoms with E-state index in [1.807, 2.05) is 24.4 Å². The Kier molecular flexibility index (Phi) is 1.72. The Labute approximate surface area is 90.0 Å². The zero-order chi connectivity index (χ0) is 9.54. The van der Waals surface area contributed by atoms with E-state index in [4.69, 9.17) is 11.6 Å². The first-order valence-corrected chi connectivity index (χ1v) is 5.47. The largest absolute Gasteiger partial charge is 0.245 e. The maximum absolute atomic E-state index is 5.93. The van der Waals surface area contributed by atoms with Crippen LogP contribution in [-0.2, 0) is 0 Å². The number of nitrogens with zero attached hydrogens (tertiary/aromatic N) is 1. The highest BCUT2D eigenvalue weighted by Crippen LogP contribution is 2.33. The molecule has 0 aliphatic carbocycles. The molecule has 0 spiro atoms. The molecule has 68 valence electrons. The van der Waals surface area contributed by atoms with Gasteiger partial charge in [-0.25, -0.2) is 4.98 Å². The number of hydrogen-bond acceptors (Lipinski definition) is 2. The van der Waals surface area contributed by atoms with Crippen LogP contribution in [0.5, 0.6) is 0 Å². The molecular formula is C11H6ClNS. The highest BCUT2D eigenvalue weighted by molar-refractivity contribution is 7.25. The summed E-state index contributed by atoms with van der Waals surface area (Å²) in [6, 6.07) is 10.0. The third-order valence-electron chi connectivity index (χ3n) is 2.21. The number of thiophene rings is 1. The van der Waals surface area contributed by atoms with Crippen molar-refractivity contribution in [1.82, 2.24) is 4.98 Å². The van der Waals surface area contributed by atoms with Gasteiger partial charge in [-0.2, -0.15) is 0 Å². The van der Waals surface area contributed by atoms with Crippen LogP contribution < -0.4 is 0 Å². The molecule has 3 rings (SSSR count). The lowest BCUT2D eigenvalue weighted by Crippen LogP contribution is -1.68. The van der Waals surface area contributed by atoms with Crippen LogP contribution in [0, 0.1) is 0 Å². The molecule has 0 saturated carbocycles. The number of benzene rings is 1. The Hall–Kier alpha value is -1.12. The maximum atomic E-state index is 5.93. The van der Waals surface area contributed by atoms with Gasteiger partial charge in [-0.15, -0.1) is 11.3 Å². The van der Waals surface area contributed by atoms with Gasteiger partial charge < -0.3 is 0 Å². The SMILES string of the molecule is Clc1ccc2c(c1)sc1ncccc12. The second-order valence-corrected chi connectivity index (χ2v) is 4.57. The zero-order valence-corrected chi connectivity index (χ0v) is 8.77. The molecule has 0 aliphatic heterocycles. The van der Waals surface area contributed by atoms with E-state index in [-0.39, 0.29) is 0 Å². The molecule has 0 saturated heterocycles. The summed E-state index contributed by atoms with van der Waals surface area (Å²) in [5.41, 5.74) is 0. The van der Waals surface area contributed by atoms with Gasteiger partial charge in [-0.3, -0.25) is 0 Å². The van der Waals surface area contributed by atoms with Gasteiger partial charge >= 0.3 is 0 Å². The minimum Gasteiger partial charge on any atom is -0.245 e. The first kappa shape index (κ1) is 8.21. The summed E-state index contributed by atoms with van der Waals surface area (Å²) < 4.78 is 1.20. The van der Waals surface area contributed by atoms with E-state index in [9.17, 15) is 0 Å². The fourth-order valence-electron chi connectivity index (χ4n) is 1.58. The van der Waals surface area contributed by atoms with Crippen molar-refractivity contribution in [3.05, 3.63) is 41.6 Å². The summed E-state index contributed by atoms with van der Waals surface area (Å²) in [5, 5.41) is 3.23. The Bertz CT molecular complexity index is 615. The quantitative estimate of drug-likeness (QED) is 0.555. The van der Waals surface area contributed by atoms with Crippen molar-refractivity contribution in [2.75, 3.05) is 0 Å². The van der Waals surface area contributed by atoms with Crippen molar-refractivity contribution in [2.24, 2.45) is 0 Å². The molecule has 0 aliphatic rings. The monoisotopic (exact) mass is 219 g/mol. The minimum absolute atomic E-state index is 0.782. The molecular weight excluding hydrogens is 214 g/mol. The smallest absolute Gasteiger partial charge is 0.124 e. The number of aromatic nitrogens is 1. The first-order chi connectivity index (χ1) is 6.84. The van der Waals surface area contributed by atoms with E-state index < -0.39 is 0 Å². The van der Waals surface area contributed by atoms with E-state index in [0.29, 0.717) is 0 Å². The van der Waals surface area contributed by atoms with Gasteiger partial charge in [-0.1, -0.05) is 17.7 Å². The van der Waals surface area contributed by atoms with Crippen molar-refractivity contribution in [3.8, 4) is 0 Å². The number of pyridine rings is 1. The van der Waals surface area contributed by atoms with Crippen molar-refractivity contribution >= 4 is 43.2 Å². The third-order valence-corrected chi connectivity index (χ3v) is 3.52. The van der Waals surface area contributed by atoms with Crippen LogP contribution in [0.4, 0.5) is 0 Å². The van der Waals surface area contributed by atoms with Gasteiger partial charge in [0, 0.05) is 26.7 Å². The van der Waals surface area contributed by atoms with Gasteiger partial charge in [0.05, 0.1) is 0 Å². The fraction of sp³-hybridized carbons (Fsp3) is 0. The zero-order valence-electron chi connectivity index (χ0n) is 7.20. The van der Waals surface area contributed by atoms with Crippen LogP contribution in [0.2, 0.25) is 5.02 Å². The van der Waals surface area contributed by atoms with Gasteiger partial charge in [0.25, 0.3) is 0 Å². The lowest BCUT2D eigenvalue weighted by molar-refractivity contribution is 1.45. The van der Waals surface area contributed by atoms with Crippen LogP contribution >= 0.6 is 22.9 Å². The van der Waals surface area contributed by atoms with E-state index in [1.165, 1.54) is 15.5 Å². The van der Waals surface area contributed by atoms with E-state index in [2.05, 4.69) is 17.1 Å². The standard InChI is InChI=1S/C11H6ClNS/c12-7-3-4-8-9-2-1-5-13-11(9)14-10(8)6-7/h1-6H. The molecule has 2 heterocycles. The van der Waals surface area contributed by atoms with Gasteiger partial charge in [0.2, 0.25) is 0 Å². The predicted molar refractivity (Wildman–Crippen MR) is 62.1 cm³/mol. The summed E-state index contributed by atoms with van der Waals surface area (Å²) in [7, 11) is 0. The normalized spacial score (nSPS) is 11.2. The summed E-state index contributed by atoms with van der Waals surface area (Å²) in [4.78, 5) is 5.40. The Morgan fingerprint density at radius 1 is 1.14 bits per heavy atom. The highest BCUT2D eigenvalue weighted by atomic mass is 35.5. The minimum atomic E-state index is 0.782. The fourth-order valence-corrected chi connectivity index (χ4v) is 2.90. The van der Waals surface area contributed by atoms with Crippen LogP contribution in [0.3, 0.4) is 0 Å².